The summed E-state index contributed by atoms with van der Waals surface area (Å²) < 4.78 is 47.2. The van der Waals surface area contributed by atoms with Crippen LogP contribution in [0.2, 0.25) is 5.02 Å². The zero-order valence-corrected chi connectivity index (χ0v) is 24.5. The maximum absolute atomic E-state index is 13.3. The normalized spacial score (nSPS) is 28.0. The number of carbonyl (C=O) groups excluding carboxylic acids is 1. The first-order chi connectivity index (χ1) is 19.2. The Morgan fingerprint density at radius 2 is 1.95 bits per heavy atom. The first-order valence-electron chi connectivity index (χ1n) is 13.9. The molecule has 1 aliphatic carbocycles. The maximum Gasteiger partial charge on any atom is 0.264 e. The summed E-state index contributed by atoms with van der Waals surface area (Å²) in [5.41, 5.74) is 2.66. The van der Waals surface area contributed by atoms with Gasteiger partial charge in [-0.25, -0.2) is 13.1 Å². The Kier molecular flexibility index (Phi) is 9.05. The van der Waals surface area contributed by atoms with Crippen LogP contribution in [0.3, 0.4) is 0 Å². The Hall–Kier alpha value is -2.59. The van der Waals surface area contributed by atoms with Crippen LogP contribution in [0.15, 0.2) is 53.4 Å². The molecule has 1 amide bonds. The summed E-state index contributed by atoms with van der Waals surface area (Å²) in [5.74, 6) is 0.220. The van der Waals surface area contributed by atoms with Crippen molar-refractivity contribution in [3.63, 3.8) is 0 Å². The number of halogens is 1. The number of nitrogens with zero attached hydrogens (tertiary/aromatic N) is 1. The molecule has 0 unspecified atom stereocenters. The number of hydrogen-bond acceptors (Lipinski definition) is 7. The molecule has 0 spiro atoms. The van der Waals surface area contributed by atoms with Gasteiger partial charge in [-0.1, -0.05) is 36.7 Å². The van der Waals surface area contributed by atoms with Crippen molar-refractivity contribution >= 4 is 33.2 Å². The van der Waals surface area contributed by atoms with Crippen LogP contribution in [0.4, 0.5) is 5.69 Å². The highest BCUT2D eigenvalue weighted by Crippen LogP contribution is 2.41. The van der Waals surface area contributed by atoms with E-state index in [0.717, 1.165) is 24.0 Å². The Bertz CT molecular complexity index is 1360. The second kappa shape index (κ2) is 12.5. The number of nitrogens with one attached hydrogen (secondary N) is 1. The van der Waals surface area contributed by atoms with Gasteiger partial charge in [-0.3, -0.25) is 4.79 Å². The molecule has 2 aromatic carbocycles. The van der Waals surface area contributed by atoms with E-state index in [1.165, 1.54) is 6.07 Å². The van der Waals surface area contributed by atoms with Gasteiger partial charge in [0, 0.05) is 24.6 Å². The number of benzene rings is 2. The minimum absolute atomic E-state index is 0.00868. The fraction of sp³-hybridized carbons (Fsp3) is 0.500. The van der Waals surface area contributed by atoms with Crippen molar-refractivity contribution in [3.8, 4) is 5.75 Å². The topological polar surface area (TPSA) is 94.2 Å². The number of ether oxygens (including phenoxy) is 3. The summed E-state index contributed by atoms with van der Waals surface area (Å²) in [6, 6.07) is 10.5. The lowest BCUT2D eigenvalue weighted by Gasteiger charge is -2.43. The van der Waals surface area contributed by atoms with Crippen molar-refractivity contribution in [1.29, 1.82) is 0 Å². The van der Waals surface area contributed by atoms with E-state index in [1.54, 1.807) is 26.2 Å². The zero-order chi connectivity index (χ0) is 28.3. The number of anilines is 1. The van der Waals surface area contributed by atoms with E-state index in [4.69, 9.17) is 25.8 Å². The van der Waals surface area contributed by atoms with E-state index >= 15 is 0 Å². The molecule has 3 aliphatic rings. The fourth-order valence-corrected chi connectivity index (χ4v) is 6.96. The molecular weight excluding hydrogens is 552 g/mol. The van der Waals surface area contributed by atoms with Crippen LogP contribution < -0.4 is 14.4 Å². The summed E-state index contributed by atoms with van der Waals surface area (Å²) in [6.07, 6.45) is 8.08. The summed E-state index contributed by atoms with van der Waals surface area (Å²) >= 11 is 6.26. The van der Waals surface area contributed by atoms with Crippen molar-refractivity contribution < 1.29 is 27.4 Å². The summed E-state index contributed by atoms with van der Waals surface area (Å²) in [7, 11) is -2.35. The molecule has 8 nitrogen and oxygen atoms in total. The molecule has 216 valence electrons. The van der Waals surface area contributed by atoms with Crippen LogP contribution in [-0.4, -0.2) is 47.4 Å². The van der Waals surface area contributed by atoms with Crippen LogP contribution in [0.25, 0.3) is 0 Å². The fourth-order valence-electron chi connectivity index (χ4n) is 5.67. The van der Waals surface area contributed by atoms with Gasteiger partial charge in [0.2, 0.25) is 5.91 Å². The molecule has 0 saturated heterocycles. The SMILES string of the molecule is CO[C@H]1/C=C/CC[C@@H](C)C(=O)NS(=O)(=O)c2ccc3c(c2)N(COCCc2cc(Cl)ccc2CO3)C[C@@H]2CC[C@H]21. The number of fused-ring (bicyclic) bond motifs is 3. The van der Waals surface area contributed by atoms with Crippen molar-refractivity contribution in [2.75, 3.05) is 31.9 Å². The van der Waals surface area contributed by atoms with Gasteiger partial charge in [0.25, 0.3) is 10.0 Å². The molecule has 40 heavy (non-hydrogen) atoms. The molecule has 0 radical (unpaired) electrons. The predicted octanol–water partition coefficient (Wildman–Crippen LogP) is 5.09. The highest BCUT2D eigenvalue weighted by atomic mass is 35.5. The van der Waals surface area contributed by atoms with Gasteiger partial charge >= 0.3 is 0 Å². The molecule has 2 heterocycles. The Morgan fingerprint density at radius 1 is 1.10 bits per heavy atom. The van der Waals surface area contributed by atoms with E-state index in [9.17, 15) is 13.2 Å². The zero-order valence-electron chi connectivity index (χ0n) is 23.0. The van der Waals surface area contributed by atoms with Gasteiger partial charge in [0.15, 0.2) is 0 Å². The van der Waals surface area contributed by atoms with E-state index in [2.05, 4.69) is 15.7 Å². The molecule has 2 aliphatic heterocycles. The number of rotatable bonds is 1. The van der Waals surface area contributed by atoms with Crippen LogP contribution in [-0.2, 0) is 37.3 Å². The van der Waals surface area contributed by atoms with E-state index in [0.29, 0.717) is 67.3 Å². The van der Waals surface area contributed by atoms with Gasteiger partial charge < -0.3 is 19.1 Å². The Balaban J connectivity index is 1.55. The molecule has 1 saturated carbocycles. The van der Waals surface area contributed by atoms with Crippen molar-refractivity contribution in [2.45, 2.75) is 56.6 Å². The van der Waals surface area contributed by atoms with Crippen molar-refractivity contribution in [2.24, 2.45) is 17.8 Å². The summed E-state index contributed by atoms with van der Waals surface area (Å²) in [6.45, 7) is 3.43. The molecule has 2 aromatic rings. The van der Waals surface area contributed by atoms with E-state index in [-0.39, 0.29) is 17.7 Å². The maximum atomic E-state index is 13.3. The largest absolute Gasteiger partial charge is 0.487 e. The van der Waals surface area contributed by atoms with Crippen molar-refractivity contribution in [1.82, 2.24) is 4.72 Å². The third-order valence-electron chi connectivity index (χ3n) is 8.30. The van der Waals surface area contributed by atoms with E-state index < -0.39 is 21.8 Å². The monoisotopic (exact) mass is 588 g/mol. The van der Waals surface area contributed by atoms with Crippen LogP contribution in [0, 0.1) is 17.8 Å². The number of methoxy groups -OCH3 is 1. The second-order valence-corrected chi connectivity index (χ2v) is 13.0. The number of hydrogen-bond donors (Lipinski definition) is 1. The average molecular weight is 589 g/mol. The molecule has 2 bridgehead atoms. The first kappa shape index (κ1) is 28.9. The third kappa shape index (κ3) is 6.48. The molecule has 0 aromatic heterocycles. The van der Waals surface area contributed by atoms with Crippen molar-refractivity contribution in [3.05, 3.63) is 64.7 Å². The highest BCUT2D eigenvalue weighted by molar-refractivity contribution is 7.90. The van der Waals surface area contributed by atoms with Gasteiger partial charge in [0.1, 0.15) is 19.1 Å². The predicted molar refractivity (Wildman–Crippen MR) is 154 cm³/mol. The summed E-state index contributed by atoms with van der Waals surface area (Å²) in [5, 5.41) is 0.656. The molecular formula is C30H37ClN2O6S. The lowest BCUT2D eigenvalue weighted by atomic mass is 9.70. The lowest BCUT2D eigenvalue weighted by molar-refractivity contribution is -0.122. The van der Waals surface area contributed by atoms with Gasteiger partial charge in [-0.2, -0.15) is 0 Å². The minimum atomic E-state index is -4.09. The molecule has 1 fully saturated rings. The minimum Gasteiger partial charge on any atom is -0.487 e. The average Bonchev–Trinajstić information content (AvgIpc) is 2.94. The third-order valence-corrected chi connectivity index (χ3v) is 9.88. The standard InChI is InChI=1S/C30H37ClN2O6S/c1-20-5-3-4-6-28(37-2)26-11-8-22(26)17-33-19-38-14-13-21-15-24(31)9-7-23(21)18-39-29-12-10-25(16-27(29)33)40(35,36)32-30(20)34/h4,6-7,9-10,12,15-16,20,22,26,28H,3,5,8,11,13-14,17-19H2,1-2H3,(H,32,34)/b6-4+/t20-,22+,26-,28+/m1/s1. The smallest absolute Gasteiger partial charge is 0.264 e. The highest BCUT2D eigenvalue weighted by Gasteiger charge is 2.38. The van der Waals surface area contributed by atoms with Gasteiger partial charge in [-0.15, -0.1) is 0 Å². The number of sulfonamides is 1. The van der Waals surface area contributed by atoms with Gasteiger partial charge in [0.05, 0.1) is 23.3 Å². The van der Waals surface area contributed by atoms with E-state index in [1.807, 2.05) is 24.3 Å². The molecule has 4 atom stereocenters. The second-order valence-electron chi connectivity index (χ2n) is 10.9. The van der Waals surface area contributed by atoms with Gasteiger partial charge in [-0.05, 0) is 85.4 Å². The quantitative estimate of drug-likeness (QED) is 0.464. The molecule has 10 heteroatoms. The number of allylic oxidation sites excluding steroid dienone is 1. The number of carbonyl (C=O) groups is 1. The molecule has 5 rings (SSSR count). The summed E-state index contributed by atoms with van der Waals surface area (Å²) in [4.78, 5) is 14.9. The molecule has 1 N–H and O–H groups in total. The van der Waals surface area contributed by atoms with Crippen LogP contribution in [0.5, 0.6) is 5.75 Å². The van der Waals surface area contributed by atoms with Crippen LogP contribution in [0.1, 0.15) is 43.7 Å². The van der Waals surface area contributed by atoms with Crippen LogP contribution >= 0.6 is 11.6 Å². The lowest BCUT2D eigenvalue weighted by Crippen LogP contribution is -2.44. The number of amides is 1. The Morgan fingerprint density at radius 3 is 2.73 bits per heavy atom. The Labute approximate surface area is 241 Å². The first-order valence-corrected chi connectivity index (χ1v) is 15.7.